The van der Waals surface area contributed by atoms with Crippen molar-refractivity contribution in [1.82, 2.24) is 5.32 Å². The monoisotopic (exact) mass is 346 g/mol. The van der Waals surface area contributed by atoms with Crippen molar-refractivity contribution in [2.75, 3.05) is 5.32 Å². The molecule has 0 aliphatic heterocycles. The average Bonchev–Trinajstić information content (AvgIpc) is 2.52. The highest BCUT2D eigenvalue weighted by atomic mass is 35.5. The van der Waals surface area contributed by atoms with E-state index in [9.17, 15) is 0 Å². The Kier molecular flexibility index (Phi) is 6.43. The lowest BCUT2D eigenvalue weighted by Gasteiger charge is -2.18. The van der Waals surface area contributed by atoms with E-state index in [2.05, 4.69) is 48.7 Å². The van der Waals surface area contributed by atoms with E-state index in [1.807, 2.05) is 25.1 Å². The summed E-state index contributed by atoms with van der Waals surface area (Å²) in [6, 6.07) is 14.7. The third-order valence-electron chi connectivity index (χ3n) is 3.80. The van der Waals surface area contributed by atoms with E-state index >= 15 is 0 Å². The van der Waals surface area contributed by atoms with Gasteiger partial charge in [-0.15, -0.1) is 0 Å². The maximum absolute atomic E-state index is 6.14. The van der Waals surface area contributed by atoms with Crippen LogP contribution in [0.1, 0.15) is 43.0 Å². The van der Waals surface area contributed by atoms with Crippen LogP contribution in [0.5, 0.6) is 0 Å². The Morgan fingerprint density at radius 1 is 1.17 bits per heavy atom. The van der Waals surface area contributed by atoms with Crippen LogP contribution < -0.4 is 10.6 Å². The van der Waals surface area contributed by atoms with Gasteiger partial charge in [0.25, 0.3) is 0 Å². The second-order valence-corrected chi connectivity index (χ2v) is 6.59. The summed E-state index contributed by atoms with van der Waals surface area (Å²) in [5.41, 5.74) is 4.54. The minimum absolute atomic E-state index is 0.145. The zero-order chi connectivity index (χ0) is 16.8. The van der Waals surface area contributed by atoms with Gasteiger partial charge in [0.05, 0.1) is 6.04 Å². The van der Waals surface area contributed by atoms with Gasteiger partial charge in [0.15, 0.2) is 5.11 Å². The van der Waals surface area contributed by atoms with Crippen molar-refractivity contribution in [3.05, 3.63) is 64.2 Å². The first-order valence-electron chi connectivity index (χ1n) is 7.92. The first-order chi connectivity index (χ1) is 11.0. The summed E-state index contributed by atoms with van der Waals surface area (Å²) in [5.74, 6) is 0. The van der Waals surface area contributed by atoms with Crippen molar-refractivity contribution in [1.29, 1.82) is 0 Å². The highest BCUT2D eigenvalue weighted by Crippen LogP contribution is 2.20. The Hall–Kier alpha value is -1.58. The maximum atomic E-state index is 6.14. The number of hydrogen-bond donors (Lipinski definition) is 2. The number of nitrogens with one attached hydrogen (secondary N) is 2. The van der Waals surface area contributed by atoms with Crippen LogP contribution in [-0.4, -0.2) is 5.11 Å². The number of aryl methyl sites for hydroxylation is 2. The van der Waals surface area contributed by atoms with Gasteiger partial charge in [-0.1, -0.05) is 55.3 Å². The van der Waals surface area contributed by atoms with Gasteiger partial charge in [0.1, 0.15) is 0 Å². The summed E-state index contributed by atoms with van der Waals surface area (Å²) >= 11 is 11.5. The van der Waals surface area contributed by atoms with Crippen LogP contribution in [0.2, 0.25) is 5.02 Å². The van der Waals surface area contributed by atoms with Crippen molar-refractivity contribution in [2.45, 2.75) is 39.7 Å². The molecule has 2 aromatic rings. The normalized spacial score (nSPS) is 11.8. The molecule has 0 radical (unpaired) electrons. The second kappa shape index (κ2) is 8.32. The van der Waals surface area contributed by atoms with E-state index in [0.29, 0.717) is 5.11 Å². The Labute approximate surface area is 149 Å². The molecule has 23 heavy (non-hydrogen) atoms. The van der Waals surface area contributed by atoms with Crippen molar-refractivity contribution in [3.8, 4) is 0 Å². The quantitative estimate of drug-likeness (QED) is 0.684. The molecule has 0 aromatic heterocycles. The standard InChI is InChI=1S/C19H23ClN2S/c1-4-5-15-7-9-16(10-8-15)14(3)21-19(23)22-17-11-6-13(2)18(20)12-17/h6-12,14H,4-5H2,1-3H3,(H2,21,22,23). The predicted molar refractivity (Wildman–Crippen MR) is 104 cm³/mol. The molecular formula is C19H23ClN2S. The van der Waals surface area contributed by atoms with E-state index in [0.717, 1.165) is 22.7 Å². The SMILES string of the molecule is CCCc1ccc(C(C)NC(=S)Nc2ccc(C)c(Cl)c2)cc1. The molecule has 1 atom stereocenters. The summed E-state index contributed by atoms with van der Waals surface area (Å²) in [6.07, 6.45) is 2.29. The van der Waals surface area contributed by atoms with Crippen molar-refractivity contribution in [2.24, 2.45) is 0 Å². The van der Waals surface area contributed by atoms with Gasteiger partial charge in [-0.25, -0.2) is 0 Å². The van der Waals surface area contributed by atoms with Gasteiger partial charge in [0.2, 0.25) is 0 Å². The average molecular weight is 347 g/mol. The molecule has 0 aliphatic carbocycles. The fourth-order valence-corrected chi connectivity index (χ4v) is 2.85. The Morgan fingerprint density at radius 2 is 1.87 bits per heavy atom. The molecular weight excluding hydrogens is 324 g/mol. The summed E-state index contributed by atoms with van der Waals surface area (Å²) < 4.78 is 0. The van der Waals surface area contributed by atoms with Crippen LogP contribution in [0.4, 0.5) is 5.69 Å². The number of anilines is 1. The Morgan fingerprint density at radius 3 is 2.48 bits per heavy atom. The smallest absolute Gasteiger partial charge is 0.171 e. The fourth-order valence-electron chi connectivity index (χ4n) is 2.38. The highest BCUT2D eigenvalue weighted by Gasteiger charge is 2.08. The van der Waals surface area contributed by atoms with E-state index < -0.39 is 0 Å². The molecule has 0 aliphatic rings. The van der Waals surface area contributed by atoms with Crippen molar-refractivity contribution >= 4 is 34.6 Å². The third-order valence-corrected chi connectivity index (χ3v) is 4.42. The minimum Gasteiger partial charge on any atom is -0.356 e. The lowest BCUT2D eigenvalue weighted by atomic mass is 10.0. The Balaban J connectivity index is 1.94. The summed E-state index contributed by atoms with van der Waals surface area (Å²) in [5, 5.41) is 7.81. The van der Waals surface area contributed by atoms with Gasteiger partial charge >= 0.3 is 0 Å². The topological polar surface area (TPSA) is 24.1 Å². The molecule has 0 amide bonds. The Bertz CT molecular complexity index is 668. The minimum atomic E-state index is 0.145. The molecule has 1 unspecified atom stereocenters. The summed E-state index contributed by atoms with van der Waals surface area (Å²) in [7, 11) is 0. The van der Waals surface area contributed by atoms with Gasteiger partial charge in [-0.3, -0.25) is 0 Å². The summed E-state index contributed by atoms with van der Waals surface area (Å²) in [4.78, 5) is 0. The molecule has 2 rings (SSSR count). The van der Waals surface area contributed by atoms with Crippen LogP contribution in [-0.2, 0) is 6.42 Å². The van der Waals surface area contributed by atoms with E-state index in [1.165, 1.54) is 17.5 Å². The highest BCUT2D eigenvalue weighted by molar-refractivity contribution is 7.80. The van der Waals surface area contributed by atoms with Gasteiger partial charge < -0.3 is 10.6 Å². The molecule has 2 N–H and O–H groups in total. The van der Waals surface area contributed by atoms with Gasteiger partial charge in [-0.05, 0) is 61.3 Å². The van der Waals surface area contributed by atoms with Gasteiger partial charge in [0, 0.05) is 10.7 Å². The lowest BCUT2D eigenvalue weighted by molar-refractivity contribution is 0.722. The van der Waals surface area contributed by atoms with Crippen LogP contribution >= 0.6 is 23.8 Å². The largest absolute Gasteiger partial charge is 0.356 e. The van der Waals surface area contributed by atoms with Crippen LogP contribution in [0.15, 0.2) is 42.5 Å². The molecule has 122 valence electrons. The number of halogens is 1. The van der Waals surface area contributed by atoms with Crippen molar-refractivity contribution in [3.63, 3.8) is 0 Å². The lowest BCUT2D eigenvalue weighted by Crippen LogP contribution is -2.30. The second-order valence-electron chi connectivity index (χ2n) is 5.78. The van der Waals surface area contributed by atoms with E-state index in [4.69, 9.17) is 23.8 Å². The third kappa shape index (κ3) is 5.22. The molecule has 4 heteroatoms. The number of thiocarbonyl (C=S) groups is 1. The molecule has 2 aromatic carbocycles. The zero-order valence-corrected chi connectivity index (χ0v) is 15.4. The van der Waals surface area contributed by atoms with E-state index in [-0.39, 0.29) is 6.04 Å². The number of benzene rings is 2. The first kappa shape index (κ1) is 17.8. The summed E-state index contributed by atoms with van der Waals surface area (Å²) in [6.45, 7) is 6.28. The molecule has 0 saturated heterocycles. The zero-order valence-electron chi connectivity index (χ0n) is 13.8. The van der Waals surface area contributed by atoms with Crippen molar-refractivity contribution < 1.29 is 0 Å². The predicted octanol–water partition coefficient (Wildman–Crippen LogP) is 5.65. The first-order valence-corrected chi connectivity index (χ1v) is 8.70. The molecule has 2 nitrogen and oxygen atoms in total. The molecule has 0 spiro atoms. The van der Waals surface area contributed by atoms with Crippen LogP contribution in [0.3, 0.4) is 0 Å². The molecule has 0 heterocycles. The molecule has 0 saturated carbocycles. The van der Waals surface area contributed by atoms with Crippen LogP contribution in [0.25, 0.3) is 0 Å². The molecule has 0 fully saturated rings. The van der Waals surface area contributed by atoms with Gasteiger partial charge in [-0.2, -0.15) is 0 Å². The fraction of sp³-hybridized carbons (Fsp3) is 0.316. The molecule has 0 bridgehead atoms. The maximum Gasteiger partial charge on any atom is 0.171 e. The number of rotatable bonds is 5. The van der Waals surface area contributed by atoms with E-state index in [1.54, 1.807) is 0 Å². The van der Waals surface area contributed by atoms with Crippen LogP contribution in [0, 0.1) is 6.92 Å². The number of hydrogen-bond acceptors (Lipinski definition) is 1.